The Bertz CT molecular complexity index is 979. The fraction of sp³-hybridized carbons (Fsp3) is 0.188. The van der Waals surface area contributed by atoms with Crippen LogP contribution in [0.1, 0.15) is 22.4 Å². The number of H-pyrrole nitrogens is 2. The minimum atomic E-state index is -3.09. The van der Waals surface area contributed by atoms with E-state index in [1.54, 1.807) is 12.2 Å². The molecule has 0 aliphatic carbocycles. The fourth-order valence-corrected chi connectivity index (χ4v) is 3.02. The van der Waals surface area contributed by atoms with E-state index in [1.165, 1.54) is 6.66 Å². The Morgan fingerprint density at radius 3 is 2.71 bits per heavy atom. The number of hydrogen-bond donors (Lipinski definition) is 3. The van der Waals surface area contributed by atoms with E-state index in [0.29, 0.717) is 12.1 Å². The molecular weight excluding hydrogens is 345 g/mol. The average molecular weight is 361 g/mol. The highest BCUT2D eigenvalue weighted by atomic mass is 32.1. The van der Waals surface area contributed by atoms with Crippen LogP contribution in [-0.4, -0.2) is 27.7 Å². The first kappa shape index (κ1) is 18.1. The van der Waals surface area contributed by atoms with E-state index < -0.39 is 12.9 Å². The smallest absolute Gasteiger partial charge is 0.270 e. The van der Waals surface area contributed by atoms with Gasteiger partial charge in [-0.15, -0.1) is 0 Å². The topological polar surface area (TPSA) is 110 Å². The lowest BCUT2D eigenvalue weighted by atomic mass is 10.0. The molecule has 0 aliphatic heterocycles. The van der Waals surface area contributed by atoms with Crippen LogP contribution in [0.15, 0.2) is 29.1 Å². The van der Waals surface area contributed by atoms with Crippen LogP contribution in [0.3, 0.4) is 0 Å². The lowest BCUT2D eigenvalue weighted by Gasteiger charge is -2.08. The number of nitriles is 1. The van der Waals surface area contributed by atoms with Crippen LogP contribution >= 0.6 is 19.6 Å². The van der Waals surface area contributed by atoms with Gasteiger partial charge in [-0.05, 0) is 35.8 Å². The maximum absolute atomic E-state index is 11.7. The standard InChI is InChI=1S/C16H16N3O3PS/c1-23(21,22)9-8-12-5-3-2-4-11(12)6-7-14-13(10-17)15(20)19-16(24)18-14/h2-7H,8-9H2,1H3,(H,21,22)(H2,18,19,20,24)/b7-6+. The van der Waals surface area contributed by atoms with Gasteiger partial charge in [0.05, 0.1) is 5.69 Å². The number of aryl methyl sites for hydroxylation is 1. The normalized spacial score (nSPS) is 13.5. The van der Waals surface area contributed by atoms with Crippen molar-refractivity contribution in [2.24, 2.45) is 0 Å². The van der Waals surface area contributed by atoms with Gasteiger partial charge in [0.1, 0.15) is 11.6 Å². The zero-order valence-electron chi connectivity index (χ0n) is 12.9. The van der Waals surface area contributed by atoms with E-state index >= 15 is 0 Å². The molecule has 0 amide bonds. The van der Waals surface area contributed by atoms with Gasteiger partial charge in [0, 0.05) is 12.8 Å². The second-order valence-electron chi connectivity index (χ2n) is 5.37. The van der Waals surface area contributed by atoms with Crippen molar-refractivity contribution in [3.8, 4) is 6.07 Å². The molecule has 0 bridgehead atoms. The average Bonchev–Trinajstić information content (AvgIpc) is 2.50. The van der Waals surface area contributed by atoms with Gasteiger partial charge in [0.25, 0.3) is 5.56 Å². The Kier molecular flexibility index (Phi) is 5.68. The third-order valence-electron chi connectivity index (χ3n) is 3.36. The van der Waals surface area contributed by atoms with E-state index in [-0.39, 0.29) is 16.5 Å². The molecule has 1 unspecified atom stereocenters. The summed E-state index contributed by atoms with van der Waals surface area (Å²) in [6.45, 7) is 1.33. The maximum Gasteiger partial charge on any atom is 0.270 e. The highest BCUT2D eigenvalue weighted by molar-refractivity contribution is 7.71. The summed E-state index contributed by atoms with van der Waals surface area (Å²) >= 11 is 4.92. The Hall–Kier alpha value is -2.26. The summed E-state index contributed by atoms with van der Waals surface area (Å²) in [6, 6.07) is 9.28. The van der Waals surface area contributed by atoms with Gasteiger partial charge in [-0.1, -0.05) is 30.3 Å². The van der Waals surface area contributed by atoms with Gasteiger partial charge >= 0.3 is 0 Å². The van der Waals surface area contributed by atoms with E-state index in [4.69, 9.17) is 17.5 Å². The molecule has 3 N–H and O–H groups in total. The van der Waals surface area contributed by atoms with E-state index in [9.17, 15) is 14.3 Å². The second-order valence-corrected chi connectivity index (χ2v) is 8.32. The molecule has 6 nitrogen and oxygen atoms in total. The second kappa shape index (κ2) is 7.54. The number of nitrogens with one attached hydrogen (secondary N) is 2. The zero-order chi connectivity index (χ0) is 17.7. The molecule has 8 heteroatoms. The molecule has 0 fully saturated rings. The lowest BCUT2D eigenvalue weighted by Crippen LogP contribution is -2.13. The summed E-state index contributed by atoms with van der Waals surface area (Å²) in [5.41, 5.74) is 1.48. The highest BCUT2D eigenvalue weighted by Gasteiger charge is 2.11. The van der Waals surface area contributed by atoms with Crippen LogP contribution in [0, 0.1) is 16.1 Å². The molecule has 24 heavy (non-hydrogen) atoms. The summed E-state index contributed by atoms with van der Waals surface area (Å²) in [5.74, 6) is 0. The Balaban J connectivity index is 2.38. The molecule has 1 heterocycles. The van der Waals surface area contributed by atoms with Crippen LogP contribution in [0.5, 0.6) is 0 Å². The first-order valence-electron chi connectivity index (χ1n) is 7.12. The summed E-state index contributed by atoms with van der Waals surface area (Å²) < 4.78 is 11.6. The molecule has 2 aromatic rings. The van der Waals surface area contributed by atoms with Crippen molar-refractivity contribution in [1.82, 2.24) is 9.97 Å². The van der Waals surface area contributed by atoms with Gasteiger partial charge < -0.3 is 9.88 Å². The van der Waals surface area contributed by atoms with Gasteiger partial charge in [0.2, 0.25) is 0 Å². The largest absolute Gasteiger partial charge is 0.344 e. The molecule has 0 saturated carbocycles. The summed E-state index contributed by atoms with van der Waals surface area (Å²) in [5, 5.41) is 9.10. The van der Waals surface area contributed by atoms with Gasteiger partial charge in [-0.25, -0.2) is 0 Å². The SMILES string of the molecule is CP(=O)(O)CCc1ccccc1/C=C/c1[nH]c(=S)[nH]c(=O)c1C#N. The van der Waals surface area contributed by atoms with Crippen molar-refractivity contribution in [3.63, 3.8) is 0 Å². The third kappa shape index (κ3) is 4.87. The lowest BCUT2D eigenvalue weighted by molar-refractivity contribution is 0.484. The van der Waals surface area contributed by atoms with Crippen molar-refractivity contribution in [2.75, 3.05) is 12.8 Å². The van der Waals surface area contributed by atoms with Gasteiger partial charge in [-0.3, -0.25) is 14.3 Å². The van der Waals surface area contributed by atoms with Crippen LogP contribution in [-0.2, 0) is 11.0 Å². The number of rotatable bonds is 5. The molecule has 0 saturated heterocycles. The van der Waals surface area contributed by atoms with Gasteiger partial charge in [0.15, 0.2) is 12.1 Å². The van der Waals surface area contributed by atoms with Crippen LogP contribution < -0.4 is 5.56 Å². The first-order valence-corrected chi connectivity index (χ1v) is 9.82. The van der Waals surface area contributed by atoms with Crippen LogP contribution in [0.25, 0.3) is 12.2 Å². The van der Waals surface area contributed by atoms with Crippen molar-refractivity contribution < 1.29 is 9.46 Å². The fourth-order valence-electron chi connectivity index (χ4n) is 2.17. The Labute approximate surface area is 144 Å². The number of nitrogens with zero attached hydrogens (tertiary/aromatic N) is 1. The predicted octanol–water partition coefficient (Wildman–Crippen LogP) is 2.92. The van der Waals surface area contributed by atoms with Crippen molar-refractivity contribution in [2.45, 2.75) is 6.42 Å². The predicted molar refractivity (Wildman–Crippen MR) is 96.7 cm³/mol. The third-order valence-corrected chi connectivity index (χ3v) is 4.62. The highest BCUT2D eigenvalue weighted by Crippen LogP contribution is 2.36. The summed E-state index contributed by atoms with van der Waals surface area (Å²) in [6.07, 6.45) is 4.00. The quantitative estimate of drug-likeness (QED) is 0.560. The maximum atomic E-state index is 11.7. The van der Waals surface area contributed by atoms with Crippen molar-refractivity contribution >= 4 is 31.7 Å². The summed E-state index contributed by atoms with van der Waals surface area (Å²) in [4.78, 5) is 26.3. The Morgan fingerprint density at radius 1 is 1.33 bits per heavy atom. The van der Waals surface area contributed by atoms with Crippen LogP contribution in [0.4, 0.5) is 0 Å². The molecule has 1 aromatic heterocycles. The molecule has 124 valence electrons. The number of aromatic amines is 2. The number of aromatic nitrogens is 2. The van der Waals surface area contributed by atoms with Crippen LogP contribution in [0.2, 0.25) is 0 Å². The first-order chi connectivity index (χ1) is 11.3. The summed E-state index contributed by atoms with van der Waals surface area (Å²) in [7, 11) is -3.09. The van der Waals surface area contributed by atoms with Crippen molar-refractivity contribution in [3.05, 3.63) is 61.8 Å². The van der Waals surface area contributed by atoms with Crippen molar-refractivity contribution in [1.29, 1.82) is 5.26 Å². The molecule has 2 rings (SSSR count). The minimum absolute atomic E-state index is 0.0502. The van der Waals surface area contributed by atoms with E-state index in [2.05, 4.69) is 9.97 Å². The Morgan fingerprint density at radius 2 is 2.04 bits per heavy atom. The van der Waals surface area contributed by atoms with Gasteiger partial charge in [-0.2, -0.15) is 5.26 Å². The number of hydrogen-bond acceptors (Lipinski definition) is 4. The van der Waals surface area contributed by atoms with E-state index in [0.717, 1.165) is 11.1 Å². The molecule has 0 aliphatic rings. The molecule has 0 spiro atoms. The molecule has 1 aromatic carbocycles. The monoisotopic (exact) mass is 361 g/mol. The minimum Gasteiger partial charge on any atom is -0.344 e. The zero-order valence-corrected chi connectivity index (χ0v) is 14.7. The molecular formula is C16H16N3O3PS. The number of benzene rings is 1. The molecule has 1 atom stereocenters. The molecule has 0 radical (unpaired) electrons. The van der Waals surface area contributed by atoms with E-state index in [1.807, 2.05) is 30.3 Å².